The molecule has 4 nitrogen and oxygen atoms in total. The van der Waals surface area contributed by atoms with Crippen LogP contribution in [0.15, 0.2) is 34.9 Å². The Labute approximate surface area is 132 Å². The first-order valence-corrected chi connectivity index (χ1v) is 7.45. The highest BCUT2D eigenvalue weighted by molar-refractivity contribution is 9.10. The van der Waals surface area contributed by atoms with E-state index in [0.29, 0.717) is 27.2 Å². The van der Waals surface area contributed by atoms with E-state index in [2.05, 4.69) is 20.9 Å². The molecule has 0 fully saturated rings. The lowest BCUT2D eigenvalue weighted by atomic mass is 10.00. The van der Waals surface area contributed by atoms with E-state index in [9.17, 15) is 5.11 Å². The minimum Gasteiger partial charge on any atom is -0.495 e. The van der Waals surface area contributed by atoms with Gasteiger partial charge in [-0.15, -0.1) is 0 Å². The molecule has 0 radical (unpaired) electrons. The molecule has 0 aliphatic heterocycles. The van der Waals surface area contributed by atoms with Crippen molar-refractivity contribution in [1.29, 1.82) is 0 Å². The van der Waals surface area contributed by atoms with Crippen molar-refractivity contribution in [3.63, 3.8) is 0 Å². The first-order valence-electron chi connectivity index (χ1n) is 6.66. The topological polar surface area (TPSA) is 51.6 Å². The molecule has 1 heterocycles. The first kappa shape index (κ1) is 15.8. The van der Waals surface area contributed by atoms with E-state index in [4.69, 9.17) is 9.47 Å². The van der Waals surface area contributed by atoms with Gasteiger partial charge in [0, 0.05) is 11.8 Å². The number of aliphatic hydroxyl groups excluding tert-OH is 1. The average molecular weight is 352 g/mol. The van der Waals surface area contributed by atoms with E-state index in [0.717, 1.165) is 12.0 Å². The summed E-state index contributed by atoms with van der Waals surface area (Å²) >= 11 is 3.45. The first-order chi connectivity index (χ1) is 10.1. The second-order valence-corrected chi connectivity index (χ2v) is 5.30. The number of benzene rings is 1. The lowest BCUT2D eigenvalue weighted by molar-refractivity contribution is 0.208. The Hall–Kier alpha value is -1.59. The molecule has 1 aromatic heterocycles. The third-order valence-electron chi connectivity index (χ3n) is 3.38. The van der Waals surface area contributed by atoms with Crippen molar-refractivity contribution in [2.75, 3.05) is 14.2 Å². The summed E-state index contributed by atoms with van der Waals surface area (Å²) in [4.78, 5) is 4.32. The molecule has 0 aliphatic carbocycles. The fourth-order valence-electron chi connectivity index (χ4n) is 2.28. The van der Waals surface area contributed by atoms with Crippen molar-refractivity contribution in [1.82, 2.24) is 4.98 Å². The number of ether oxygens (including phenoxy) is 2. The van der Waals surface area contributed by atoms with Crippen LogP contribution in [-0.2, 0) is 6.42 Å². The number of aromatic nitrogens is 1. The van der Waals surface area contributed by atoms with Gasteiger partial charge in [0.1, 0.15) is 22.1 Å². The van der Waals surface area contributed by atoms with Gasteiger partial charge in [-0.1, -0.05) is 13.0 Å². The standard InChI is InChI=1S/C16H18BrNO3/c1-4-10-6-5-9-18-14(10)15(19)11-7-8-12(20-2)13(17)16(11)21-3/h5-9,15,19H,4H2,1-3H3. The van der Waals surface area contributed by atoms with Crippen molar-refractivity contribution >= 4 is 15.9 Å². The number of rotatable bonds is 5. The lowest BCUT2D eigenvalue weighted by Crippen LogP contribution is -2.08. The summed E-state index contributed by atoms with van der Waals surface area (Å²) in [5.41, 5.74) is 2.31. The summed E-state index contributed by atoms with van der Waals surface area (Å²) in [6, 6.07) is 7.42. The highest BCUT2D eigenvalue weighted by atomic mass is 79.9. The van der Waals surface area contributed by atoms with E-state index >= 15 is 0 Å². The molecule has 0 amide bonds. The van der Waals surface area contributed by atoms with Gasteiger partial charge in [-0.3, -0.25) is 4.98 Å². The van der Waals surface area contributed by atoms with Gasteiger partial charge in [0.15, 0.2) is 0 Å². The summed E-state index contributed by atoms with van der Waals surface area (Å²) in [7, 11) is 3.15. The number of aliphatic hydroxyl groups is 1. The van der Waals surface area contributed by atoms with Crippen LogP contribution in [0.5, 0.6) is 11.5 Å². The third-order valence-corrected chi connectivity index (χ3v) is 4.13. The molecule has 1 unspecified atom stereocenters. The Morgan fingerprint density at radius 3 is 2.62 bits per heavy atom. The smallest absolute Gasteiger partial charge is 0.143 e. The van der Waals surface area contributed by atoms with Crippen molar-refractivity contribution in [3.8, 4) is 11.5 Å². The molecule has 2 aromatic rings. The quantitative estimate of drug-likeness (QED) is 0.895. The number of nitrogens with zero attached hydrogens (tertiary/aromatic N) is 1. The Kier molecular flexibility index (Phi) is 5.20. The van der Waals surface area contributed by atoms with Gasteiger partial charge in [-0.2, -0.15) is 0 Å². The minimum atomic E-state index is -0.849. The molecule has 0 saturated heterocycles. The van der Waals surface area contributed by atoms with Crippen LogP contribution in [0.4, 0.5) is 0 Å². The van der Waals surface area contributed by atoms with Crippen LogP contribution in [0, 0.1) is 0 Å². The predicted octanol–water partition coefficient (Wildman–Crippen LogP) is 3.51. The Morgan fingerprint density at radius 2 is 2.00 bits per heavy atom. The SMILES string of the molecule is CCc1cccnc1C(O)c1ccc(OC)c(Br)c1OC. The number of hydrogen-bond acceptors (Lipinski definition) is 4. The van der Waals surface area contributed by atoms with Crippen molar-refractivity contribution in [3.05, 3.63) is 51.8 Å². The molecule has 0 spiro atoms. The van der Waals surface area contributed by atoms with E-state index in [1.807, 2.05) is 19.1 Å². The maximum atomic E-state index is 10.7. The Morgan fingerprint density at radius 1 is 1.24 bits per heavy atom. The Balaban J connectivity index is 2.53. The molecule has 0 bridgehead atoms. The molecule has 1 atom stereocenters. The van der Waals surface area contributed by atoms with E-state index < -0.39 is 6.10 Å². The molecular formula is C16H18BrNO3. The van der Waals surface area contributed by atoms with Crippen LogP contribution < -0.4 is 9.47 Å². The van der Waals surface area contributed by atoms with Gasteiger partial charge in [-0.25, -0.2) is 0 Å². The van der Waals surface area contributed by atoms with Gasteiger partial charge in [0.2, 0.25) is 0 Å². The van der Waals surface area contributed by atoms with Crippen LogP contribution in [0.3, 0.4) is 0 Å². The Bertz CT molecular complexity index is 631. The molecule has 1 N–H and O–H groups in total. The molecule has 0 saturated carbocycles. The second-order valence-electron chi connectivity index (χ2n) is 4.51. The molecule has 5 heteroatoms. The van der Waals surface area contributed by atoms with Crippen LogP contribution in [0.1, 0.15) is 29.8 Å². The average Bonchev–Trinajstić information content (AvgIpc) is 2.53. The van der Waals surface area contributed by atoms with Gasteiger partial charge < -0.3 is 14.6 Å². The fourth-order valence-corrected chi connectivity index (χ4v) is 2.96. The van der Waals surface area contributed by atoms with Crippen LogP contribution in [0.2, 0.25) is 0 Å². The predicted molar refractivity (Wildman–Crippen MR) is 84.9 cm³/mol. The zero-order valence-corrected chi connectivity index (χ0v) is 13.8. The molecule has 21 heavy (non-hydrogen) atoms. The maximum Gasteiger partial charge on any atom is 0.143 e. The van der Waals surface area contributed by atoms with Crippen LogP contribution >= 0.6 is 15.9 Å². The summed E-state index contributed by atoms with van der Waals surface area (Å²) in [6.45, 7) is 2.04. The highest BCUT2D eigenvalue weighted by Crippen LogP contribution is 2.41. The zero-order valence-electron chi connectivity index (χ0n) is 12.3. The fraction of sp³-hybridized carbons (Fsp3) is 0.312. The second kappa shape index (κ2) is 6.91. The van der Waals surface area contributed by atoms with E-state index in [1.54, 1.807) is 32.5 Å². The number of halogens is 1. The largest absolute Gasteiger partial charge is 0.495 e. The van der Waals surface area contributed by atoms with Crippen LogP contribution in [-0.4, -0.2) is 24.3 Å². The summed E-state index contributed by atoms with van der Waals surface area (Å²) in [5, 5.41) is 10.7. The summed E-state index contributed by atoms with van der Waals surface area (Å²) in [5.74, 6) is 1.20. The van der Waals surface area contributed by atoms with Gasteiger partial charge in [-0.05, 0) is 46.1 Å². The monoisotopic (exact) mass is 351 g/mol. The lowest BCUT2D eigenvalue weighted by Gasteiger charge is -2.19. The number of pyridine rings is 1. The highest BCUT2D eigenvalue weighted by Gasteiger charge is 2.22. The maximum absolute atomic E-state index is 10.7. The van der Waals surface area contributed by atoms with E-state index in [-0.39, 0.29) is 0 Å². The molecule has 2 rings (SSSR count). The number of hydrogen-bond donors (Lipinski definition) is 1. The van der Waals surface area contributed by atoms with Gasteiger partial charge >= 0.3 is 0 Å². The summed E-state index contributed by atoms with van der Waals surface area (Å²) in [6.07, 6.45) is 1.64. The van der Waals surface area contributed by atoms with Crippen LogP contribution in [0.25, 0.3) is 0 Å². The molecule has 112 valence electrons. The van der Waals surface area contributed by atoms with Crippen molar-refractivity contribution < 1.29 is 14.6 Å². The van der Waals surface area contributed by atoms with Crippen molar-refractivity contribution in [2.24, 2.45) is 0 Å². The minimum absolute atomic E-state index is 0.551. The molecular weight excluding hydrogens is 334 g/mol. The van der Waals surface area contributed by atoms with Gasteiger partial charge in [0.05, 0.1) is 19.9 Å². The van der Waals surface area contributed by atoms with Crippen molar-refractivity contribution in [2.45, 2.75) is 19.4 Å². The zero-order chi connectivity index (χ0) is 15.4. The normalized spacial score (nSPS) is 12.0. The van der Waals surface area contributed by atoms with Gasteiger partial charge in [0.25, 0.3) is 0 Å². The molecule has 0 aliphatic rings. The van der Waals surface area contributed by atoms with E-state index in [1.165, 1.54) is 0 Å². The third kappa shape index (κ3) is 3.04. The summed E-state index contributed by atoms with van der Waals surface area (Å²) < 4.78 is 11.3. The number of aryl methyl sites for hydroxylation is 1. The molecule has 1 aromatic carbocycles. The number of methoxy groups -OCH3 is 2.